The molecule has 0 saturated heterocycles. The fraction of sp³-hybridized carbons (Fsp3) is 0.462. The number of hydrogen-bond acceptors (Lipinski definition) is 3. The Hall–Kier alpha value is -1.51. The number of esters is 1. The molecule has 0 aromatic heterocycles. The summed E-state index contributed by atoms with van der Waals surface area (Å²) >= 11 is 0. The standard InChI is InChI=1S/C13H18O3/c1-4-15-12-7-5-11(6-8-12)13(14)16-9-10(2)3/h5-8,10H,4,9H2,1-3H3. The second-order valence-corrected chi connectivity index (χ2v) is 3.95. The molecule has 0 aliphatic carbocycles. The third-order valence-electron chi connectivity index (χ3n) is 1.95. The van der Waals surface area contributed by atoms with E-state index in [4.69, 9.17) is 9.47 Å². The topological polar surface area (TPSA) is 35.5 Å². The lowest BCUT2D eigenvalue weighted by molar-refractivity contribution is 0.0459. The second-order valence-electron chi connectivity index (χ2n) is 3.95. The van der Waals surface area contributed by atoms with Gasteiger partial charge in [-0.2, -0.15) is 0 Å². The highest BCUT2D eigenvalue weighted by Gasteiger charge is 2.07. The van der Waals surface area contributed by atoms with Crippen molar-refractivity contribution in [3.8, 4) is 5.75 Å². The largest absolute Gasteiger partial charge is 0.494 e. The van der Waals surface area contributed by atoms with Crippen LogP contribution in [-0.2, 0) is 4.74 Å². The highest BCUT2D eigenvalue weighted by Crippen LogP contribution is 2.13. The number of carbonyl (C=O) groups is 1. The van der Waals surface area contributed by atoms with Gasteiger partial charge in [0.2, 0.25) is 0 Å². The van der Waals surface area contributed by atoms with E-state index in [9.17, 15) is 4.79 Å². The number of hydrogen-bond donors (Lipinski definition) is 0. The van der Waals surface area contributed by atoms with Crippen molar-refractivity contribution in [2.75, 3.05) is 13.2 Å². The molecule has 0 unspecified atom stereocenters. The first-order valence-corrected chi connectivity index (χ1v) is 5.53. The zero-order valence-corrected chi connectivity index (χ0v) is 10.0. The molecule has 0 amide bonds. The Morgan fingerprint density at radius 3 is 2.38 bits per heavy atom. The van der Waals surface area contributed by atoms with E-state index in [1.165, 1.54) is 0 Å². The molecule has 0 bridgehead atoms. The third-order valence-corrected chi connectivity index (χ3v) is 1.95. The Kier molecular flexibility index (Phi) is 4.83. The van der Waals surface area contributed by atoms with E-state index in [0.717, 1.165) is 5.75 Å². The quantitative estimate of drug-likeness (QED) is 0.718. The lowest BCUT2D eigenvalue weighted by Crippen LogP contribution is -2.10. The van der Waals surface area contributed by atoms with E-state index >= 15 is 0 Å². The van der Waals surface area contributed by atoms with Gasteiger partial charge in [-0.25, -0.2) is 4.79 Å². The minimum Gasteiger partial charge on any atom is -0.494 e. The van der Waals surface area contributed by atoms with Gasteiger partial charge in [0.25, 0.3) is 0 Å². The first kappa shape index (κ1) is 12.6. The van der Waals surface area contributed by atoms with Crippen molar-refractivity contribution in [2.24, 2.45) is 5.92 Å². The van der Waals surface area contributed by atoms with Crippen LogP contribution in [0.3, 0.4) is 0 Å². The Balaban J connectivity index is 2.56. The molecule has 0 heterocycles. The van der Waals surface area contributed by atoms with Crippen LogP contribution in [0.2, 0.25) is 0 Å². The Labute approximate surface area is 96.4 Å². The van der Waals surface area contributed by atoms with E-state index in [0.29, 0.717) is 24.7 Å². The van der Waals surface area contributed by atoms with Crippen molar-refractivity contribution >= 4 is 5.97 Å². The van der Waals surface area contributed by atoms with Crippen LogP contribution in [0, 0.1) is 5.92 Å². The molecule has 16 heavy (non-hydrogen) atoms. The van der Waals surface area contributed by atoms with Gasteiger partial charge >= 0.3 is 5.97 Å². The Morgan fingerprint density at radius 2 is 1.88 bits per heavy atom. The highest BCUT2D eigenvalue weighted by molar-refractivity contribution is 5.89. The van der Waals surface area contributed by atoms with Gasteiger partial charge in [0, 0.05) is 0 Å². The summed E-state index contributed by atoms with van der Waals surface area (Å²) in [4.78, 5) is 11.6. The van der Waals surface area contributed by atoms with Crippen LogP contribution < -0.4 is 4.74 Å². The zero-order valence-electron chi connectivity index (χ0n) is 10.0. The van der Waals surface area contributed by atoms with Gasteiger partial charge in [0.05, 0.1) is 18.8 Å². The van der Waals surface area contributed by atoms with Gasteiger partial charge in [-0.3, -0.25) is 0 Å². The summed E-state index contributed by atoms with van der Waals surface area (Å²) in [7, 11) is 0. The maximum Gasteiger partial charge on any atom is 0.338 e. The smallest absolute Gasteiger partial charge is 0.338 e. The molecule has 1 aromatic rings. The van der Waals surface area contributed by atoms with Crippen LogP contribution >= 0.6 is 0 Å². The van der Waals surface area contributed by atoms with Crippen LogP contribution in [0.5, 0.6) is 5.75 Å². The van der Waals surface area contributed by atoms with Crippen molar-refractivity contribution < 1.29 is 14.3 Å². The molecular formula is C13H18O3. The van der Waals surface area contributed by atoms with Crippen LogP contribution in [0.25, 0.3) is 0 Å². The predicted octanol–water partition coefficient (Wildman–Crippen LogP) is 2.90. The van der Waals surface area contributed by atoms with E-state index in [1.807, 2.05) is 20.8 Å². The molecule has 1 aromatic carbocycles. The third kappa shape index (κ3) is 3.93. The maximum atomic E-state index is 11.6. The molecule has 0 spiro atoms. The highest BCUT2D eigenvalue weighted by atomic mass is 16.5. The number of benzene rings is 1. The minimum absolute atomic E-state index is 0.281. The first-order valence-electron chi connectivity index (χ1n) is 5.53. The van der Waals surface area contributed by atoms with Crippen molar-refractivity contribution in [1.29, 1.82) is 0 Å². The normalized spacial score (nSPS) is 10.2. The van der Waals surface area contributed by atoms with Crippen molar-refractivity contribution in [2.45, 2.75) is 20.8 Å². The molecule has 0 fully saturated rings. The summed E-state index contributed by atoms with van der Waals surface area (Å²) in [6.07, 6.45) is 0. The summed E-state index contributed by atoms with van der Waals surface area (Å²) in [5, 5.41) is 0. The van der Waals surface area contributed by atoms with E-state index in [2.05, 4.69) is 0 Å². The average molecular weight is 222 g/mol. The van der Waals surface area contributed by atoms with E-state index in [1.54, 1.807) is 24.3 Å². The van der Waals surface area contributed by atoms with Crippen LogP contribution in [0.4, 0.5) is 0 Å². The molecule has 0 radical (unpaired) electrons. The molecule has 0 aliphatic rings. The molecule has 3 nitrogen and oxygen atoms in total. The molecule has 3 heteroatoms. The SMILES string of the molecule is CCOc1ccc(C(=O)OCC(C)C)cc1. The Morgan fingerprint density at radius 1 is 1.25 bits per heavy atom. The summed E-state index contributed by atoms with van der Waals surface area (Å²) < 4.78 is 10.4. The van der Waals surface area contributed by atoms with Crippen molar-refractivity contribution in [3.63, 3.8) is 0 Å². The molecule has 1 rings (SSSR count). The van der Waals surface area contributed by atoms with E-state index < -0.39 is 0 Å². The first-order chi connectivity index (χ1) is 7.63. The van der Waals surface area contributed by atoms with E-state index in [-0.39, 0.29) is 5.97 Å². The molecular weight excluding hydrogens is 204 g/mol. The molecule has 88 valence electrons. The maximum absolute atomic E-state index is 11.6. The molecule has 0 atom stereocenters. The fourth-order valence-corrected chi connectivity index (χ4v) is 1.18. The van der Waals surface area contributed by atoms with Gasteiger partial charge in [0.1, 0.15) is 5.75 Å². The summed E-state index contributed by atoms with van der Waals surface area (Å²) in [5.41, 5.74) is 0.559. The summed E-state index contributed by atoms with van der Waals surface area (Å²) in [6.45, 7) is 7.00. The zero-order chi connectivity index (χ0) is 12.0. The summed E-state index contributed by atoms with van der Waals surface area (Å²) in [6, 6.07) is 6.98. The van der Waals surface area contributed by atoms with Crippen LogP contribution in [0.15, 0.2) is 24.3 Å². The van der Waals surface area contributed by atoms with Gasteiger partial charge < -0.3 is 9.47 Å². The Bertz CT molecular complexity index is 328. The fourth-order valence-electron chi connectivity index (χ4n) is 1.18. The monoisotopic (exact) mass is 222 g/mol. The number of rotatable bonds is 5. The second kappa shape index (κ2) is 6.16. The van der Waals surface area contributed by atoms with Crippen molar-refractivity contribution in [1.82, 2.24) is 0 Å². The summed E-state index contributed by atoms with van der Waals surface area (Å²) in [5.74, 6) is 0.839. The van der Waals surface area contributed by atoms with Gasteiger partial charge in [-0.05, 0) is 37.1 Å². The number of ether oxygens (including phenoxy) is 2. The molecule has 0 aliphatic heterocycles. The van der Waals surface area contributed by atoms with Crippen LogP contribution in [-0.4, -0.2) is 19.2 Å². The van der Waals surface area contributed by atoms with Crippen LogP contribution in [0.1, 0.15) is 31.1 Å². The minimum atomic E-state index is -0.281. The molecule has 0 saturated carbocycles. The number of carbonyl (C=O) groups excluding carboxylic acids is 1. The average Bonchev–Trinajstić information content (AvgIpc) is 2.27. The predicted molar refractivity (Wildman–Crippen MR) is 62.7 cm³/mol. The van der Waals surface area contributed by atoms with Crippen molar-refractivity contribution in [3.05, 3.63) is 29.8 Å². The van der Waals surface area contributed by atoms with Gasteiger partial charge in [0.15, 0.2) is 0 Å². The van der Waals surface area contributed by atoms with Gasteiger partial charge in [-0.1, -0.05) is 13.8 Å². The lowest BCUT2D eigenvalue weighted by atomic mass is 10.2. The van der Waals surface area contributed by atoms with Gasteiger partial charge in [-0.15, -0.1) is 0 Å². The lowest BCUT2D eigenvalue weighted by Gasteiger charge is -2.07. The molecule has 0 N–H and O–H groups in total.